The fourth-order valence-corrected chi connectivity index (χ4v) is 3.29. The van der Waals surface area contributed by atoms with E-state index >= 15 is 0 Å². The highest BCUT2D eigenvalue weighted by Gasteiger charge is 2.18. The zero-order chi connectivity index (χ0) is 15.0. The molecule has 110 valence electrons. The van der Waals surface area contributed by atoms with E-state index in [2.05, 4.69) is 4.98 Å². The zero-order valence-corrected chi connectivity index (χ0v) is 12.3. The molecule has 7 nitrogen and oxygen atoms in total. The Balaban J connectivity index is 2.44. The Hall–Kier alpha value is -1.45. The number of fused-ring (bicyclic) bond motifs is 1. The Bertz CT molecular complexity index is 837. The van der Waals surface area contributed by atoms with Gasteiger partial charge in [0.2, 0.25) is 15.0 Å². The zero-order valence-electron chi connectivity index (χ0n) is 10.7. The van der Waals surface area contributed by atoms with Crippen LogP contribution in [0.5, 0.6) is 0 Å². The molecular formula is C11H13N2O5S2-. The van der Waals surface area contributed by atoms with Crippen molar-refractivity contribution in [2.45, 2.75) is 18.1 Å². The van der Waals surface area contributed by atoms with Crippen LogP contribution in [0.1, 0.15) is 6.42 Å². The lowest BCUT2D eigenvalue weighted by Gasteiger charge is -2.09. The monoisotopic (exact) mass is 317 g/mol. The number of benzene rings is 1. The molecule has 0 saturated heterocycles. The predicted molar refractivity (Wildman–Crippen MR) is 72.0 cm³/mol. The van der Waals surface area contributed by atoms with Crippen LogP contribution in [0.25, 0.3) is 11.0 Å². The molecule has 0 amide bonds. The number of para-hydroxylation sites is 2. The molecule has 0 atom stereocenters. The van der Waals surface area contributed by atoms with Gasteiger partial charge in [-0.15, -0.1) is 0 Å². The van der Waals surface area contributed by atoms with Gasteiger partial charge in [0.15, 0.2) is 0 Å². The minimum absolute atomic E-state index is 0.0364. The molecule has 1 aromatic carbocycles. The first-order valence-corrected chi connectivity index (χ1v) is 9.24. The lowest BCUT2D eigenvalue weighted by molar-refractivity contribution is 0.458. The van der Waals surface area contributed by atoms with Gasteiger partial charge in [0.1, 0.15) is 0 Å². The van der Waals surface area contributed by atoms with Crippen molar-refractivity contribution in [3.8, 4) is 0 Å². The van der Waals surface area contributed by atoms with Crippen LogP contribution in [0.3, 0.4) is 0 Å². The van der Waals surface area contributed by atoms with Crippen LogP contribution < -0.4 is 0 Å². The van der Waals surface area contributed by atoms with Gasteiger partial charge in [-0.2, -0.15) is 0 Å². The van der Waals surface area contributed by atoms with Crippen molar-refractivity contribution in [3.05, 3.63) is 24.3 Å². The summed E-state index contributed by atoms with van der Waals surface area (Å²) in [5, 5.41) is -0.123. The van der Waals surface area contributed by atoms with Crippen molar-refractivity contribution in [1.82, 2.24) is 9.55 Å². The molecule has 0 saturated carbocycles. The Morgan fingerprint density at radius 3 is 2.45 bits per heavy atom. The first-order valence-electron chi connectivity index (χ1n) is 5.77. The van der Waals surface area contributed by atoms with Gasteiger partial charge in [0, 0.05) is 18.6 Å². The average Bonchev–Trinajstić information content (AvgIpc) is 2.67. The SMILES string of the molecule is CS(=O)(=O)c1nc2ccccc2n1CCCS(=O)(=O)[O-]. The van der Waals surface area contributed by atoms with Gasteiger partial charge >= 0.3 is 0 Å². The van der Waals surface area contributed by atoms with Crippen LogP contribution in [0.15, 0.2) is 29.4 Å². The molecule has 2 aromatic rings. The number of imidazole rings is 1. The number of aromatic nitrogens is 2. The van der Waals surface area contributed by atoms with Crippen molar-refractivity contribution < 1.29 is 21.4 Å². The summed E-state index contributed by atoms with van der Waals surface area (Å²) in [5.74, 6) is -0.539. The standard InChI is InChI=1S/C11H14N2O5S2/c1-19(14,15)11-12-9-5-2-3-6-10(9)13(11)7-4-8-20(16,17)18/h2-3,5-6H,4,7-8H2,1H3,(H,16,17,18)/p-1. The summed E-state index contributed by atoms with van der Waals surface area (Å²) < 4.78 is 56.7. The molecule has 0 radical (unpaired) electrons. The third-order valence-corrected chi connectivity index (χ3v) is 4.49. The third-order valence-electron chi connectivity index (χ3n) is 2.73. The molecule has 0 unspecified atom stereocenters. The van der Waals surface area contributed by atoms with Crippen molar-refractivity contribution >= 4 is 31.0 Å². The van der Waals surface area contributed by atoms with Crippen LogP contribution in [0, 0.1) is 0 Å². The highest BCUT2D eigenvalue weighted by atomic mass is 32.2. The Labute approximate surface area is 116 Å². The second kappa shape index (κ2) is 5.15. The van der Waals surface area contributed by atoms with E-state index in [4.69, 9.17) is 0 Å². The van der Waals surface area contributed by atoms with E-state index < -0.39 is 25.7 Å². The molecule has 0 aliphatic heterocycles. The lowest BCUT2D eigenvalue weighted by Crippen LogP contribution is -2.12. The number of hydrogen-bond donors (Lipinski definition) is 0. The van der Waals surface area contributed by atoms with Gasteiger partial charge in [-0.1, -0.05) is 12.1 Å². The number of aryl methyl sites for hydroxylation is 1. The predicted octanol–water partition coefficient (Wildman–Crippen LogP) is 0.375. The van der Waals surface area contributed by atoms with Crippen LogP contribution in [-0.2, 0) is 26.5 Å². The van der Waals surface area contributed by atoms with Gasteiger partial charge in [-0.3, -0.25) is 0 Å². The average molecular weight is 317 g/mol. The normalized spacial score (nSPS) is 12.9. The molecule has 2 rings (SSSR count). The highest BCUT2D eigenvalue weighted by molar-refractivity contribution is 7.90. The fourth-order valence-electron chi connectivity index (χ4n) is 1.95. The molecule has 1 aromatic heterocycles. The van der Waals surface area contributed by atoms with Gasteiger partial charge in [-0.25, -0.2) is 21.8 Å². The summed E-state index contributed by atoms with van der Waals surface area (Å²) >= 11 is 0. The molecular weight excluding hydrogens is 304 g/mol. The third kappa shape index (κ3) is 3.35. The van der Waals surface area contributed by atoms with E-state index in [0.29, 0.717) is 11.0 Å². The van der Waals surface area contributed by atoms with Crippen LogP contribution in [0.2, 0.25) is 0 Å². The summed E-state index contributed by atoms with van der Waals surface area (Å²) in [6.07, 6.45) is 1.07. The first-order chi connectivity index (χ1) is 9.18. The smallest absolute Gasteiger partial charge is 0.228 e. The minimum atomic E-state index is -4.31. The van der Waals surface area contributed by atoms with E-state index in [9.17, 15) is 21.4 Å². The minimum Gasteiger partial charge on any atom is -0.748 e. The largest absolute Gasteiger partial charge is 0.748 e. The van der Waals surface area contributed by atoms with Gasteiger partial charge in [0.05, 0.1) is 21.2 Å². The molecule has 0 aliphatic carbocycles. The van der Waals surface area contributed by atoms with Gasteiger partial charge < -0.3 is 9.12 Å². The van der Waals surface area contributed by atoms with E-state index in [1.54, 1.807) is 24.3 Å². The summed E-state index contributed by atoms with van der Waals surface area (Å²) in [4.78, 5) is 4.05. The van der Waals surface area contributed by atoms with E-state index in [-0.39, 0.29) is 18.1 Å². The fraction of sp³-hybridized carbons (Fsp3) is 0.364. The quantitative estimate of drug-likeness (QED) is 0.737. The van der Waals surface area contributed by atoms with Crippen molar-refractivity contribution in [3.63, 3.8) is 0 Å². The molecule has 0 spiro atoms. The first kappa shape index (κ1) is 14.9. The maximum absolute atomic E-state index is 11.7. The summed E-state index contributed by atoms with van der Waals surface area (Å²) in [7, 11) is -7.85. The van der Waals surface area contributed by atoms with Gasteiger partial charge in [-0.05, 0) is 18.6 Å². The van der Waals surface area contributed by atoms with Crippen LogP contribution in [0.4, 0.5) is 0 Å². The summed E-state index contributed by atoms with van der Waals surface area (Å²) in [5.41, 5.74) is 1.11. The number of hydrogen-bond acceptors (Lipinski definition) is 6. The molecule has 0 aliphatic rings. The Morgan fingerprint density at radius 1 is 1.20 bits per heavy atom. The molecule has 1 heterocycles. The highest BCUT2D eigenvalue weighted by Crippen LogP contribution is 2.19. The number of rotatable bonds is 5. The number of nitrogens with zero attached hydrogens (tertiary/aromatic N) is 2. The van der Waals surface area contributed by atoms with Crippen molar-refractivity contribution in [2.24, 2.45) is 0 Å². The topological polar surface area (TPSA) is 109 Å². The van der Waals surface area contributed by atoms with E-state index in [0.717, 1.165) is 6.26 Å². The van der Waals surface area contributed by atoms with Crippen molar-refractivity contribution in [1.29, 1.82) is 0 Å². The van der Waals surface area contributed by atoms with Crippen molar-refractivity contribution in [2.75, 3.05) is 12.0 Å². The molecule has 0 bridgehead atoms. The van der Waals surface area contributed by atoms with E-state index in [1.165, 1.54) is 4.57 Å². The maximum Gasteiger partial charge on any atom is 0.228 e. The van der Waals surface area contributed by atoms with Crippen LogP contribution >= 0.6 is 0 Å². The van der Waals surface area contributed by atoms with E-state index in [1.807, 2.05) is 0 Å². The maximum atomic E-state index is 11.7. The summed E-state index contributed by atoms with van der Waals surface area (Å²) in [6.45, 7) is 0.102. The second-order valence-corrected chi connectivity index (χ2v) is 7.86. The Morgan fingerprint density at radius 2 is 1.85 bits per heavy atom. The Kier molecular flexibility index (Phi) is 3.85. The molecule has 20 heavy (non-hydrogen) atoms. The molecule has 9 heteroatoms. The van der Waals surface area contributed by atoms with Crippen LogP contribution in [-0.4, -0.2) is 42.9 Å². The van der Waals surface area contributed by atoms with Gasteiger partial charge in [0.25, 0.3) is 0 Å². The summed E-state index contributed by atoms with van der Waals surface area (Å²) in [6, 6.07) is 6.83. The molecule has 0 fully saturated rings. The number of sulfone groups is 1. The second-order valence-electron chi connectivity index (χ2n) is 4.42. The lowest BCUT2D eigenvalue weighted by atomic mass is 10.3. The molecule has 0 N–H and O–H groups in total.